The fourth-order valence-corrected chi connectivity index (χ4v) is 3.47. The lowest BCUT2D eigenvalue weighted by Gasteiger charge is -2.43. The number of carbonyl (C=O) groups excluding carboxylic acids is 2. The van der Waals surface area contributed by atoms with E-state index in [9.17, 15) is 18.6 Å². The van der Waals surface area contributed by atoms with E-state index in [1.54, 1.807) is 0 Å². The zero-order valence-corrected chi connectivity index (χ0v) is 10.4. The number of aliphatic carboxylic acids is 1. The summed E-state index contributed by atoms with van der Waals surface area (Å²) in [7, 11) is -1.34. The summed E-state index contributed by atoms with van der Waals surface area (Å²) in [5.41, 5.74) is 0.0115. The highest BCUT2D eigenvalue weighted by Gasteiger charge is 2.48. The summed E-state index contributed by atoms with van der Waals surface area (Å²) >= 11 is 0. The van der Waals surface area contributed by atoms with Crippen LogP contribution in [-0.2, 0) is 29.9 Å². The van der Waals surface area contributed by atoms with Crippen molar-refractivity contribution in [1.82, 2.24) is 4.90 Å². The Labute approximate surface area is 105 Å². The molecule has 0 aromatic rings. The highest BCUT2D eigenvalue weighted by Crippen LogP contribution is 2.34. The van der Waals surface area contributed by atoms with Crippen molar-refractivity contribution >= 4 is 28.6 Å². The van der Waals surface area contributed by atoms with Gasteiger partial charge in [0.1, 0.15) is 17.7 Å². The molecule has 0 saturated carbocycles. The van der Waals surface area contributed by atoms with Crippen molar-refractivity contribution in [3.05, 3.63) is 11.3 Å². The lowest BCUT2D eigenvalue weighted by molar-refractivity contribution is -0.146. The average Bonchev–Trinajstić information content (AvgIpc) is 2.26. The van der Waals surface area contributed by atoms with Gasteiger partial charge in [0.25, 0.3) is 0 Å². The second kappa shape index (κ2) is 4.52. The van der Waals surface area contributed by atoms with Crippen LogP contribution in [0, 0.1) is 0 Å². The zero-order valence-electron chi connectivity index (χ0n) is 9.54. The summed E-state index contributed by atoms with van der Waals surface area (Å²) in [6, 6.07) is 0. The number of carbonyl (C=O) groups is 3. The number of fused-ring (bicyclic) bond motifs is 1. The third-order valence-corrected chi connectivity index (χ3v) is 4.37. The van der Waals surface area contributed by atoms with Crippen LogP contribution in [0.15, 0.2) is 11.3 Å². The minimum Gasteiger partial charge on any atom is -0.477 e. The fraction of sp³-hybridized carbons (Fsp3) is 0.500. The van der Waals surface area contributed by atoms with E-state index in [-0.39, 0.29) is 36.0 Å². The summed E-state index contributed by atoms with van der Waals surface area (Å²) < 4.78 is 16.5. The summed E-state index contributed by atoms with van der Waals surface area (Å²) in [5, 5.41) is 8.56. The first-order chi connectivity index (χ1) is 8.41. The smallest absolute Gasteiger partial charge is 0.352 e. The van der Waals surface area contributed by atoms with E-state index in [1.165, 1.54) is 6.92 Å². The van der Waals surface area contributed by atoms with Crippen LogP contribution in [0.4, 0.5) is 0 Å². The lowest BCUT2D eigenvalue weighted by atomic mass is 10.1. The predicted molar refractivity (Wildman–Crippen MR) is 59.6 cm³/mol. The average molecular weight is 273 g/mol. The van der Waals surface area contributed by atoms with Crippen LogP contribution in [0.2, 0.25) is 0 Å². The molecule has 2 heterocycles. The SMILES string of the molecule is CC(=O)OCC1=C(C(=O)O)N2C(=O)C[C@@H]2S(=O)C1. The maximum atomic E-state index is 11.8. The Morgan fingerprint density at radius 3 is 2.72 bits per heavy atom. The first-order valence-corrected chi connectivity index (χ1v) is 6.58. The van der Waals surface area contributed by atoms with Crippen LogP contribution < -0.4 is 0 Å². The first-order valence-electron chi connectivity index (χ1n) is 5.19. The number of ether oxygens (including phenoxy) is 1. The molecular formula is C10H11NO6S. The highest BCUT2D eigenvalue weighted by atomic mass is 32.2. The molecule has 1 fully saturated rings. The van der Waals surface area contributed by atoms with Crippen molar-refractivity contribution in [3.8, 4) is 0 Å². The summed E-state index contributed by atoms with van der Waals surface area (Å²) in [4.78, 5) is 34.3. The van der Waals surface area contributed by atoms with E-state index in [0.717, 1.165) is 4.90 Å². The number of hydrogen-bond donors (Lipinski definition) is 1. The van der Waals surface area contributed by atoms with Crippen LogP contribution >= 0.6 is 0 Å². The number of hydrogen-bond acceptors (Lipinski definition) is 5. The highest BCUT2D eigenvalue weighted by molar-refractivity contribution is 7.86. The summed E-state index contributed by atoms with van der Waals surface area (Å²) in [6.07, 6.45) is 0.101. The molecule has 1 unspecified atom stereocenters. The number of esters is 1. The van der Waals surface area contributed by atoms with Crippen molar-refractivity contribution in [2.24, 2.45) is 0 Å². The molecule has 8 heteroatoms. The van der Waals surface area contributed by atoms with Crippen LogP contribution in [0.3, 0.4) is 0 Å². The van der Waals surface area contributed by atoms with Crippen molar-refractivity contribution in [2.45, 2.75) is 18.7 Å². The van der Waals surface area contributed by atoms with Gasteiger partial charge in [0.15, 0.2) is 0 Å². The number of amides is 1. The van der Waals surface area contributed by atoms with E-state index >= 15 is 0 Å². The van der Waals surface area contributed by atoms with E-state index in [0.29, 0.717) is 0 Å². The molecule has 2 atom stereocenters. The lowest BCUT2D eigenvalue weighted by Crippen LogP contribution is -2.58. The molecule has 18 heavy (non-hydrogen) atoms. The number of carboxylic acid groups (broad SMARTS) is 1. The molecule has 2 aliphatic heterocycles. The molecule has 0 bridgehead atoms. The van der Waals surface area contributed by atoms with Crippen LogP contribution in [-0.4, -0.2) is 49.8 Å². The van der Waals surface area contributed by atoms with Gasteiger partial charge >= 0.3 is 11.9 Å². The zero-order chi connectivity index (χ0) is 13.4. The molecule has 1 amide bonds. The Hall–Kier alpha value is -1.70. The third kappa shape index (κ3) is 2.03. The molecule has 0 aromatic carbocycles. The molecular weight excluding hydrogens is 262 g/mol. The molecule has 0 spiro atoms. The molecule has 0 aromatic heterocycles. The Morgan fingerprint density at radius 2 is 2.22 bits per heavy atom. The Kier molecular flexibility index (Phi) is 3.20. The third-order valence-electron chi connectivity index (χ3n) is 2.75. The standard InChI is InChI=1S/C10H11NO6S/c1-5(12)17-3-6-4-18(16)8-2-7(13)11(8)9(6)10(14)15/h8H,2-4H2,1H3,(H,14,15)/t8-,18?/m0/s1. The van der Waals surface area contributed by atoms with Crippen LogP contribution in [0.25, 0.3) is 0 Å². The van der Waals surface area contributed by atoms with Gasteiger partial charge in [-0.05, 0) is 0 Å². The van der Waals surface area contributed by atoms with Gasteiger partial charge < -0.3 is 9.84 Å². The quantitative estimate of drug-likeness (QED) is 0.534. The molecule has 1 saturated heterocycles. The van der Waals surface area contributed by atoms with Gasteiger partial charge in [0, 0.05) is 23.3 Å². The Bertz CT molecular complexity index is 497. The van der Waals surface area contributed by atoms with Crippen molar-refractivity contribution in [2.75, 3.05) is 12.4 Å². The summed E-state index contributed by atoms with van der Waals surface area (Å²) in [6.45, 7) is 0.942. The van der Waals surface area contributed by atoms with Crippen molar-refractivity contribution in [3.63, 3.8) is 0 Å². The molecule has 2 rings (SSSR count). The largest absolute Gasteiger partial charge is 0.477 e. The van der Waals surface area contributed by atoms with E-state index in [2.05, 4.69) is 0 Å². The van der Waals surface area contributed by atoms with Gasteiger partial charge in [-0.1, -0.05) is 0 Å². The van der Waals surface area contributed by atoms with Gasteiger partial charge in [-0.2, -0.15) is 0 Å². The molecule has 0 radical (unpaired) electrons. The van der Waals surface area contributed by atoms with Crippen LogP contribution in [0.1, 0.15) is 13.3 Å². The minimum absolute atomic E-state index is 0.0172. The molecule has 1 N–H and O–H groups in total. The van der Waals surface area contributed by atoms with Gasteiger partial charge in [-0.3, -0.25) is 18.7 Å². The Morgan fingerprint density at radius 1 is 1.56 bits per heavy atom. The summed E-state index contributed by atoms with van der Waals surface area (Å²) in [5.74, 6) is -2.18. The topological polar surface area (TPSA) is 101 Å². The fourth-order valence-electron chi connectivity index (χ4n) is 1.93. The number of rotatable bonds is 3. The normalized spacial score (nSPS) is 26.5. The van der Waals surface area contributed by atoms with Gasteiger partial charge in [0.05, 0.1) is 12.2 Å². The van der Waals surface area contributed by atoms with Gasteiger partial charge in [-0.15, -0.1) is 0 Å². The maximum Gasteiger partial charge on any atom is 0.352 e. The number of carboxylic acids is 1. The van der Waals surface area contributed by atoms with Gasteiger partial charge in [0.2, 0.25) is 5.91 Å². The number of nitrogens with zero attached hydrogens (tertiary/aromatic N) is 1. The Balaban J connectivity index is 2.33. The predicted octanol–water partition coefficient (Wildman–Crippen LogP) is -0.791. The second-order valence-corrected chi connectivity index (χ2v) is 5.58. The molecule has 0 aliphatic carbocycles. The van der Waals surface area contributed by atoms with Crippen molar-refractivity contribution in [1.29, 1.82) is 0 Å². The van der Waals surface area contributed by atoms with E-state index in [4.69, 9.17) is 9.84 Å². The van der Waals surface area contributed by atoms with Crippen molar-refractivity contribution < 1.29 is 28.4 Å². The monoisotopic (exact) mass is 273 g/mol. The minimum atomic E-state index is -1.34. The first kappa shape index (κ1) is 12.7. The molecule has 7 nitrogen and oxygen atoms in total. The second-order valence-electron chi connectivity index (χ2n) is 3.99. The van der Waals surface area contributed by atoms with Gasteiger partial charge in [-0.25, -0.2) is 4.79 Å². The van der Waals surface area contributed by atoms with E-state index < -0.39 is 28.1 Å². The number of β-lactam (4-membered cyclic amide) rings is 1. The molecule has 98 valence electrons. The molecule has 2 aliphatic rings. The maximum absolute atomic E-state index is 11.8. The van der Waals surface area contributed by atoms with Crippen LogP contribution in [0.5, 0.6) is 0 Å². The van der Waals surface area contributed by atoms with E-state index in [1.807, 2.05) is 0 Å².